The van der Waals surface area contributed by atoms with Crippen LogP contribution < -0.4 is 5.32 Å². The van der Waals surface area contributed by atoms with Crippen molar-refractivity contribution in [3.63, 3.8) is 0 Å². The Morgan fingerprint density at radius 1 is 1.35 bits per heavy atom. The van der Waals surface area contributed by atoms with E-state index in [9.17, 15) is 4.79 Å². The number of nitrogens with one attached hydrogen (secondary N) is 1. The van der Waals surface area contributed by atoms with Gasteiger partial charge in [0.2, 0.25) is 5.91 Å². The van der Waals surface area contributed by atoms with Crippen LogP contribution >= 0.6 is 11.3 Å². The predicted octanol–water partition coefficient (Wildman–Crippen LogP) is 2.26. The minimum absolute atomic E-state index is 0.103. The van der Waals surface area contributed by atoms with Gasteiger partial charge in [-0.05, 0) is 18.6 Å². The van der Waals surface area contributed by atoms with Crippen LogP contribution in [-0.2, 0) is 20.7 Å². The molecule has 1 unspecified atom stereocenters. The quantitative estimate of drug-likeness (QED) is 0.749. The summed E-state index contributed by atoms with van der Waals surface area (Å²) >= 11 is 1.48. The maximum Gasteiger partial charge on any atom is 0.226 e. The van der Waals surface area contributed by atoms with Crippen molar-refractivity contribution in [2.45, 2.75) is 32.1 Å². The summed E-state index contributed by atoms with van der Waals surface area (Å²) in [6, 6.07) is 5.49. The predicted molar refractivity (Wildman–Crippen MR) is 89.1 cm³/mol. The number of thiazole rings is 1. The van der Waals surface area contributed by atoms with Crippen molar-refractivity contribution >= 4 is 17.2 Å². The molecule has 7 heteroatoms. The lowest BCUT2D eigenvalue weighted by Gasteiger charge is -2.24. The Kier molecular flexibility index (Phi) is 6.64. The number of carbonyl (C=O) groups is 1. The molecule has 0 fully saturated rings. The van der Waals surface area contributed by atoms with Gasteiger partial charge < -0.3 is 14.8 Å². The van der Waals surface area contributed by atoms with Crippen LogP contribution in [0.2, 0.25) is 0 Å². The SMILES string of the molecule is CCC(NC(=O)Cc1csc(-c2ccccn2)n1)C(OC)OC. The van der Waals surface area contributed by atoms with Crippen LogP contribution in [0.4, 0.5) is 0 Å². The van der Waals surface area contributed by atoms with Crippen molar-refractivity contribution in [1.82, 2.24) is 15.3 Å². The van der Waals surface area contributed by atoms with Gasteiger partial charge in [0.15, 0.2) is 6.29 Å². The molecule has 0 saturated carbocycles. The molecule has 0 aliphatic carbocycles. The summed E-state index contributed by atoms with van der Waals surface area (Å²) < 4.78 is 10.4. The smallest absolute Gasteiger partial charge is 0.226 e. The first-order valence-electron chi connectivity index (χ1n) is 7.38. The van der Waals surface area contributed by atoms with Crippen LogP contribution in [0.1, 0.15) is 19.0 Å². The fraction of sp³-hybridized carbons (Fsp3) is 0.438. The van der Waals surface area contributed by atoms with Crippen molar-refractivity contribution in [2.75, 3.05) is 14.2 Å². The van der Waals surface area contributed by atoms with E-state index in [4.69, 9.17) is 9.47 Å². The van der Waals surface area contributed by atoms with Crippen LogP contribution in [-0.4, -0.2) is 42.4 Å². The van der Waals surface area contributed by atoms with Gasteiger partial charge >= 0.3 is 0 Å². The van der Waals surface area contributed by atoms with Gasteiger partial charge in [-0.25, -0.2) is 4.98 Å². The number of hydrogen-bond donors (Lipinski definition) is 1. The zero-order valence-corrected chi connectivity index (χ0v) is 14.3. The third-order valence-corrected chi connectivity index (χ3v) is 4.27. The highest BCUT2D eigenvalue weighted by Crippen LogP contribution is 2.21. The highest BCUT2D eigenvalue weighted by atomic mass is 32.1. The Labute approximate surface area is 139 Å². The lowest BCUT2D eigenvalue weighted by molar-refractivity contribution is -0.137. The van der Waals surface area contributed by atoms with Gasteiger partial charge in [-0.1, -0.05) is 13.0 Å². The number of rotatable bonds is 8. The molecule has 2 rings (SSSR count). The standard InChI is InChI=1S/C16H21N3O3S/c1-4-12(16(21-2)22-3)19-14(20)9-11-10-23-15(18-11)13-7-5-6-8-17-13/h5-8,10,12,16H,4,9H2,1-3H3,(H,19,20). The molecule has 0 saturated heterocycles. The van der Waals surface area contributed by atoms with E-state index in [1.807, 2.05) is 30.5 Å². The van der Waals surface area contributed by atoms with Crippen molar-refractivity contribution in [3.05, 3.63) is 35.5 Å². The number of methoxy groups -OCH3 is 2. The molecule has 0 radical (unpaired) electrons. The number of carbonyl (C=O) groups excluding carboxylic acids is 1. The van der Waals surface area contributed by atoms with E-state index in [0.717, 1.165) is 16.4 Å². The molecule has 2 aromatic heterocycles. The third-order valence-electron chi connectivity index (χ3n) is 3.36. The molecule has 1 N–H and O–H groups in total. The van der Waals surface area contributed by atoms with E-state index in [2.05, 4.69) is 15.3 Å². The number of amides is 1. The van der Waals surface area contributed by atoms with Crippen LogP contribution in [0.3, 0.4) is 0 Å². The molecule has 1 atom stereocenters. The molecular formula is C16H21N3O3S. The Morgan fingerprint density at radius 2 is 2.13 bits per heavy atom. The molecule has 0 bridgehead atoms. The van der Waals surface area contributed by atoms with E-state index in [1.165, 1.54) is 11.3 Å². The molecule has 0 aromatic carbocycles. The number of nitrogens with zero attached hydrogens (tertiary/aromatic N) is 2. The normalized spacial score (nSPS) is 12.3. The molecule has 0 spiro atoms. The largest absolute Gasteiger partial charge is 0.354 e. The first-order valence-corrected chi connectivity index (χ1v) is 8.26. The lowest BCUT2D eigenvalue weighted by atomic mass is 10.2. The Bertz CT molecular complexity index is 614. The van der Waals surface area contributed by atoms with E-state index in [-0.39, 0.29) is 18.4 Å². The molecular weight excluding hydrogens is 314 g/mol. The summed E-state index contributed by atoms with van der Waals surface area (Å²) in [6.45, 7) is 1.97. The maximum atomic E-state index is 12.2. The molecule has 2 aromatic rings. The fourth-order valence-corrected chi connectivity index (χ4v) is 3.00. The monoisotopic (exact) mass is 335 g/mol. The Balaban J connectivity index is 1.97. The van der Waals surface area contributed by atoms with Crippen molar-refractivity contribution in [3.8, 4) is 10.7 Å². The average Bonchev–Trinajstić information content (AvgIpc) is 3.04. The molecule has 23 heavy (non-hydrogen) atoms. The average molecular weight is 335 g/mol. The van der Waals surface area contributed by atoms with Gasteiger partial charge in [0.25, 0.3) is 0 Å². The number of aromatic nitrogens is 2. The van der Waals surface area contributed by atoms with E-state index in [1.54, 1.807) is 20.4 Å². The van der Waals surface area contributed by atoms with Crippen LogP contribution in [0.15, 0.2) is 29.8 Å². The van der Waals surface area contributed by atoms with Gasteiger partial charge in [0.1, 0.15) is 5.01 Å². The van der Waals surface area contributed by atoms with Gasteiger partial charge in [0, 0.05) is 25.8 Å². The highest BCUT2D eigenvalue weighted by Gasteiger charge is 2.21. The summed E-state index contributed by atoms with van der Waals surface area (Å²) in [6.07, 6.45) is 2.21. The van der Waals surface area contributed by atoms with Crippen LogP contribution in [0, 0.1) is 0 Å². The Hall–Kier alpha value is -1.83. The fourth-order valence-electron chi connectivity index (χ4n) is 2.20. The molecule has 1 amide bonds. The second-order valence-electron chi connectivity index (χ2n) is 4.96. The maximum absolute atomic E-state index is 12.2. The highest BCUT2D eigenvalue weighted by molar-refractivity contribution is 7.13. The zero-order valence-electron chi connectivity index (χ0n) is 13.5. The summed E-state index contributed by atoms with van der Waals surface area (Å²) in [4.78, 5) is 20.9. The summed E-state index contributed by atoms with van der Waals surface area (Å²) in [5.41, 5.74) is 1.55. The van der Waals surface area contributed by atoms with Crippen LogP contribution in [0.25, 0.3) is 10.7 Å². The minimum Gasteiger partial charge on any atom is -0.354 e. The Morgan fingerprint density at radius 3 is 2.74 bits per heavy atom. The number of hydrogen-bond acceptors (Lipinski definition) is 6. The van der Waals surface area contributed by atoms with Gasteiger partial charge in [-0.3, -0.25) is 9.78 Å². The minimum atomic E-state index is -0.455. The van der Waals surface area contributed by atoms with Crippen molar-refractivity contribution in [2.24, 2.45) is 0 Å². The second kappa shape index (κ2) is 8.71. The summed E-state index contributed by atoms with van der Waals surface area (Å²) in [5, 5.41) is 5.62. The van der Waals surface area contributed by atoms with Crippen molar-refractivity contribution < 1.29 is 14.3 Å². The summed E-state index contributed by atoms with van der Waals surface area (Å²) in [5.74, 6) is -0.103. The number of ether oxygens (including phenoxy) is 2. The van der Waals surface area contributed by atoms with Gasteiger partial charge in [-0.15, -0.1) is 11.3 Å². The molecule has 124 valence electrons. The van der Waals surface area contributed by atoms with Crippen molar-refractivity contribution in [1.29, 1.82) is 0 Å². The van der Waals surface area contributed by atoms with E-state index < -0.39 is 6.29 Å². The number of pyridine rings is 1. The summed E-state index contributed by atoms with van der Waals surface area (Å²) in [7, 11) is 3.12. The van der Waals surface area contributed by atoms with E-state index >= 15 is 0 Å². The third kappa shape index (κ3) is 4.82. The molecule has 6 nitrogen and oxygen atoms in total. The van der Waals surface area contributed by atoms with Crippen LogP contribution in [0.5, 0.6) is 0 Å². The lowest BCUT2D eigenvalue weighted by Crippen LogP contribution is -2.45. The zero-order chi connectivity index (χ0) is 16.7. The molecule has 0 aliphatic rings. The van der Waals surface area contributed by atoms with Gasteiger partial charge in [-0.2, -0.15) is 0 Å². The van der Waals surface area contributed by atoms with E-state index in [0.29, 0.717) is 6.42 Å². The molecule has 0 aliphatic heterocycles. The first-order chi connectivity index (χ1) is 11.2. The molecule has 2 heterocycles. The first kappa shape index (κ1) is 17.5. The topological polar surface area (TPSA) is 73.3 Å². The second-order valence-corrected chi connectivity index (χ2v) is 5.82. The van der Waals surface area contributed by atoms with Gasteiger partial charge in [0.05, 0.1) is 23.9 Å².